The average Bonchev–Trinajstić information content (AvgIpc) is 2.75. The Morgan fingerprint density at radius 1 is 1.13 bits per heavy atom. The number of carbonyl (C=O) groups excluding carboxylic acids is 1. The highest BCUT2D eigenvalue weighted by Gasteiger charge is 2.20. The number of nitrogens with one attached hydrogen (secondary N) is 2. The van der Waals surface area contributed by atoms with Gasteiger partial charge in [0.2, 0.25) is 11.2 Å². The minimum absolute atomic E-state index is 0.0395. The third-order valence-corrected chi connectivity index (χ3v) is 5.36. The molecule has 1 aromatic heterocycles. The maximum Gasteiger partial charge on any atom is 0.262 e. The number of aryl methyl sites for hydroxylation is 1. The summed E-state index contributed by atoms with van der Waals surface area (Å²) >= 11 is 0. The maximum absolute atomic E-state index is 12.4. The van der Waals surface area contributed by atoms with Gasteiger partial charge in [0.25, 0.3) is 5.91 Å². The lowest BCUT2D eigenvalue weighted by molar-refractivity contribution is -0.930. The van der Waals surface area contributed by atoms with Crippen LogP contribution in [0.25, 0.3) is 0 Å². The van der Waals surface area contributed by atoms with Gasteiger partial charge in [-0.05, 0) is 24.1 Å². The largest absolute Gasteiger partial charge is 0.477 e. The van der Waals surface area contributed by atoms with E-state index in [1.54, 1.807) is 0 Å². The van der Waals surface area contributed by atoms with Gasteiger partial charge in [0.15, 0.2) is 12.4 Å². The SMILES string of the molecule is Cc1ccccc1NC(=O)COc1coc(C[NH+]2CCc3ccccc3C2)cc1=O. The summed E-state index contributed by atoms with van der Waals surface area (Å²) in [6.07, 6.45) is 2.32. The van der Waals surface area contributed by atoms with Crippen molar-refractivity contribution in [1.82, 2.24) is 0 Å². The number of para-hydroxylation sites is 1. The highest BCUT2D eigenvalue weighted by molar-refractivity contribution is 5.92. The van der Waals surface area contributed by atoms with Crippen LogP contribution in [0.15, 0.2) is 70.1 Å². The van der Waals surface area contributed by atoms with E-state index in [4.69, 9.17) is 9.15 Å². The van der Waals surface area contributed by atoms with E-state index in [1.165, 1.54) is 28.4 Å². The molecule has 1 aliphatic rings. The lowest BCUT2D eigenvalue weighted by Crippen LogP contribution is -3.10. The molecule has 0 fully saturated rings. The quantitative estimate of drug-likeness (QED) is 0.659. The predicted octanol–water partition coefficient (Wildman–Crippen LogP) is 2.11. The van der Waals surface area contributed by atoms with E-state index in [0.717, 1.165) is 30.8 Å². The number of fused-ring (bicyclic) bond motifs is 1. The van der Waals surface area contributed by atoms with E-state index < -0.39 is 0 Å². The molecule has 2 heterocycles. The first-order valence-corrected chi connectivity index (χ1v) is 10.1. The van der Waals surface area contributed by atoms with Gasteiger partial charge in [-0.3, -0.25) is 9.59 Å². The first-order valence-electron chi connectivity index (χ1n) is 10.1. The van der Waals surface area contributed by atoms with E-state index in [-0.39, 0.29) is 23.7 Å². The van der Waals surface area contributed by atoms with Crippen LogP contribution in [-0.4, -0.2) is 19.1 Å². The van der Waals surface area contributed by atoms with Crippen molar-refractivity contribution in [3.05, 3.63) is 93.5 Å². The zero-order valence-electron chi connectivity index (χ0n) is 16.9. The number of quaternary nitrogens is 1. The number of benzene rings is 2. The van der Waals surface area contributed by atoms with Gasteiger partial charge in [0.05, 0.1) is 6.54 Å². The maximum atomic E-state index is 12.4. The number of hydrogen-bond donors (Lipinski definition) is 2. The first kappa shape index (κ1) is 19.9. The van der Waals surface area contributed by atoms with Gasteiger partial charge < -0.3 is 19.4 Å². The average molecular weight is 405 g/mol. The van der Waals surface area contributed by atoms with Gasteiger partial charge in [0, 0.05) is 23.7 Å². The Morgan fingerprint density at radius 3 is 2.70 bits per heavy atom. The van der Waals surface area contributed by atoms with E-state index in [1.807, 2.05) is 31.2 Å². The standard InChI is InChI=1S/C24H24N2O4/c1-17-6-2-5-9-21(17)25-24(28)16-30-23-15-29-20(12-22(23)27)14-26-11-10-18-7-3-4-8-19(18)13-26/h2-9,12,15H,10-11,13-14,16H2,1H3,(H,25,28)/p+1. The normalized spacial score (nSPS) is 15.3. The molecule has 154 valence electrons. The molecule has 0 saturated heterocycles. The second-order valence-electron chi connectivity index (χ2n) is 7.60. The summed E-state index contributed by atoms with van der Waals surface area (Å²) < 4.78 is 11.0. The van der Waals surface area contributed by atoms with E-state index >= 15 is 0 Å². The fourth-order valence-corrected chi connectivity index (χ4v) is 3.72. The summed E-state index contributed by atoms with van der Waals surface area (Å²) in [6.45, 7) is 4.20. The summed E-state index contributed by atoms with van der Waals surface area (Å²) in [7, 11) is 0. The monoisotopic (exact) mass is 405 g/mol. The number of rotatable bonds is 6. The van der Waals surface area contributed by atoms with Crippen LogP contribution < -0.4 is 20.4 Å². The fourth-order valence-electron chi connectivity index (χ4n) is 3.72. The molecular weight excluding hydrogens is 380 g/mol. The lowest BCUT2D eigenvalue weighted by atomic mass is 10.00. The molecule has 6 heteroatoms. The lowest BCUT2D eigenvalue weighted by Gasteiger charge is -2.25. The van der Waals surface area contributed by atoms with Crippen molar-refractivity contribution in [1.29, 1.82) is 0 Å². The zero-order chi connectivity index (χ0) is 20.9. The third kappa shape index (κ3) is 4.78. The minimum Gasteiger partial charge on any atom is -0.477 e. The van der Waals surface area contributed by atoms with Crippen molar-refractivity contribution in [3.8, 4) is 5.75 Å². The highest BCUT2D eigenvalue weighted by atomic mass is 16.5. The minimum atomic E-state index is -0.329. The van der Waals surface area contributed by atoms with E-state index in [2.05, 4.69) is 29.6 Å². The van der Waals surface area contributed by atoms with Gasteiger partial charge in [-0.1, -0.05) is 42.5 Å². The Bertz CT molecular complexity index is 1110. The second kappa shape index (κ2) is 8.97. The Kier molecular flexibility index (Phi) is 5.95. The topological polar surface area (TPSA) is 73.0 Å². The molecular formula is C24H25N2O4+. The molecule has 0 bridgehead atoms. The third-order valence-electron chi connectivity index (χ3n) is 5.36. The van der Waals surface area contributed by atoms with Gasteiger partial charge in [-0.25, -0.2) is 0 Å². The van der Waals surface area contributed by atoms with Gasteiger partial charge >= 0.3 is 0 Å². The highest BCUT2D eigenvalue weighted by Crippen LogP contribution is 2.14. The summed E-state index contributed by atoms with van der Waals surface area (Å²) in [4.78, 5) is 25.8. The molecule has 2 N–H and O–H groups in total. The van der Waals surface area contributed by atoms with Crippen molar-refractivity contribution in [2.45, 2.75) is 26.4 Å². The van der Waals surface area contributed by atoms with E-state index in [9.17, 15) is 9.59 Å². The Morgan fingerprint density at radius 2 is 1.90 bits per heavy atom. The van der Waals surface area contributed by atoms with E-state index in [0.29, 0.717) is 12.3 Å². The molecule has 0 saturated carbocycles. The smallest absolute Gasteiger partial charge is 0.262 e. The predicted molar refractivity (Wildman–Crippen MR) is 114 cm³/mol. The van der Waals surface area contributed by atoms with Crippen molar-refractivity contribution in [2.24, 2.45) is 0 Å². The van der Waals surface area contributed by atoms with Crippen LogP contribution in [-0.2, 0) is 24.3 Å². The fraction of sp³-hybridized carbons (Fsp3) is 0.250. The molecule has 4 rings (SSSR count). The molecule has 0 radical (unpaired) electrons. The molecule has 1 unspecified atom stereocenters. The van der Waals surface area contributed by atoms with Crippen LogP contribution in [0.2, 0.25) is 0 Å². The zero-order valence-corrected chi connectivity index (χ0v) is 16.9. The van der Waals surface area contributed by atoms with Crippen LogP contribution in [0, 0.1) is 6.92 Å². The van der Waals surface area contributed by atoms with Crippen LogP contribution in [0.4, 0.5) is 5.69 Å². The van der Waals surface area contributed by atoms with Crippen LogP contribution in [0.1, 0.15) is 22.5 Å². The van der Waals surface area contributed by atoms with Gasteiger partial charge in [-0.2, -0.15) is 0 Å². The summed E-state index contributed by atoms with van der Waals surface area (Å²) in [5, 5.41) is 2.77. The summed E-state index contributed by atoms with van der Waals surface area (Å²) in [5.41, 5.74) is 4.14. The molecule has 1 atom stereocenters. The Hall–Kier alpha value is -3.38. The molecule has 0 aliphatic carbocycles. The summed E-state index contributed by atoms with van der Waals surface area (Å²) in [5.74, 6) is 0.327. The van der Waals surface area contributed by atoms with Gasteiger partial charge in [-0.15, -0.1) is 0 Å². The second-order valence-corrected chi connectivity index (χ2v) is 7.60. The van der Waals surface area contributed by atoms with Crippen molar-refractivity contribution in [3.63, 3.8) is 0 Å². The molecule has 1 aliphatic heterocycles. The Labute approximate surface area is 175 Å². The number of anilines is 1. The van der Waals surface area contributed by atoms with Crippen LogP contribution >= 0.6 is 0 Å². The summed E-state index contributed by atoms with van der Waals surface area (Å²) in [6, 6.07) is 17.4. The van der Waals surface area contributed by atoms with Crippen molar-refractivity contribution >= 4 is 11.6 Å². The molecule has 0 spiro atoms. The molecule has 1 amide bonds. The first-order chi connectivity index (χ1) is 14.6. The van der Waals surface area contributed by atoms with Crippen molar-refractivity contribution in [2.75, 3.05) is 18.5 Å². The van der Waals surface area contributed by atoms with Crippen molar-refractivity contribution < 1.29 is 18.8 Å². The van der Waals surface area contributed by atoms with Gasteiger partial charge in [0.1, 0.15) is 19.4 Å². The van der Waals surface area contributed by atoms with Crippen LogP contribution in [0.5, 0.6) is 5.75 Å². The molecule has 2 aromatic carbocycles. The number of amides is 1. The Balaban J connectivity index is 1.33. The molecule has 3 aromatic rings. The molecule has 30 heavy (non-hydrogen) atoms. The van der Waals surface area contributed by atoms with Crippen LogP contribution in [0.3, 0.4) is 0 Å². The molecule has 6 nitrogen and oxygen atoms in total. The number of ether oxygens (including phenoxy) is 1. The number of hydrogen-bond acceptors (Lipinski definition) is 4. The number of carbonyl (C=O) groups is 1.